The zero-order valence-corrected chi connectivity index (χ0v) is 24.1. The first-order valence-corrected chi connectivity index (χ1v) is 16.0. The number of methoxy groups -OCH3 is 2. The molecule has 0 amide bonds. The quantitative estimate of drug-likeness (QED) is 0.0969. The molecule has 1 fully saturated rings. The van der Waals surface area contributed by atoms with Gasteiger partial charge in [0.25, 0.3) is 10.0 Å². The van der Waals surface area contributed by atoms with Crippen molar-refractivity contribution in [2.45, 2.75) is 121 Å². The average Bonchev–Trinajstić information content (AvgIpc) is 3.12. The van der Waals surface area contributed by atoms with Crippen LogP contribution in [0.3, 0.4) is 0 Å². The van der Waals surface area contributed by atoms with Gasteiger partial charge in [0.1, 0.15) is 20.1 Å². The summed E-state index contributed by atoms with van der Waals surface area (Å²) in [5.41, 5.74) is 0. The van der Waals surface area contributed by atoms with Gasteiger partial charge in [-0.05, 0) is 6.42 Å². The Balaban J connectivity index is 2.27. The molecule has 0 bridgehead atoms. The number of unbranched alkanes of at least 4 members (excludes halogenated alkanes) is 13. The molecule has 2 radical (unpaired) electrons. The van der Waals surface area contributed by atoms with Crippen molar-refractivity contribution in [2.24, 2.45) is 4.15 Å². The van der Waals surface area contributed by atoms with Crippen molar-refractivity contribution < 1.29 is 31.7 Å². The Morgan fingerprint density at radius 2 is 1.34 bits per heavy atom. The van der Waals surface area contributed by atoms with Crippen molar-refractivity contribution in [3.8, 4) is 0 Å². The summed E-state index contributed by atoms with van der Waals surface area (Å²) in [4.78, 5) is 0. The van der Waals surface area contributed by atoms with Gasteiger partial charge in [-0.3, -0.25) is 0 Å². The first-order chi connectivity index (χ1) is 16.9. The van der Waals surface area contributed by atoms with E-state index < -0.39 is 42.5 Å². The summed E-state index contributed by atoms with van der Waals surface area (Å²) in [6, 6.07) is -0.703. The predicted octanol–water partition coefficient (Wildman–Crippen LogP) is 5.88. The molecule has 35 heavy (non-hydrogen) atoms. The smallest absolute Gasteiger partial charge is 0.382 e. The van der Waals surface area contributed by atoms with E-state index in [0.29, 0.717) is 6.42 Å². The molecular weight excluding hydrogens is 488 g/mol. The summed E-state index contributed by atoms with van der Waals surface area (Å²) in [7, 11) is 4.68. The molecule has 0 N–H and O–H groups in total. The SMILES string of the molecule is [B][C@@H]1O[C@H](COC)[C@H](O[P+](=NS(=O)(=O)CCCCCCCCCCCCCCCC)OC)C1OC. The molecule has 1 heterocycles. The van der Waals surface area contributed by atoms with E-state index in [-0.39, 0.29) is 12.4 Å². The molecule has 11 heteroatoms. The number of nitrogens with zero attached hydrogens (tertiary/aromatic N) is 1. The molecule has 5 atom stereocenters. The van der Waals surface area contributed by atoms with E-state index >= 15 is 0 Å². The summed E-state index contributed by atoms with van der Waals surface area (Å²) < 4.78 is 56.1. The third-order valence-electron chi connectivity index (χ3n) is 6.26. The highest BCUT2D eigenvalue weighted by Crippen LogP contribution is 2.37. The molecule has 0 aromatic heterocycles. The second-order valence-corrected chi connectivity index (χ2v) is 12.5. The van der Waals surface area contributed by atoms with Gasteiger partial charge in [-0.2, -0.15) is 0 Å². The lowest BCUT2D eigenvalue weighted by Crippen LogP contribution is -2.37. The van der Waals surface area contributed by atoms with Crippen LogP contribution in [0.15, 0.2) is 4.15 Å². The van der Waals surface area contributed by atoms with E-state index in [1.54, 1.807) is 0 Å². The van der Waals surface area contributed by atoms with E-state index in [0.717, 1.165) is 19.3 Å². The fourth-order valence-corrected chi connectivity index (χ4v) is 6.95. The molecule has 1 aliphatic rings. The first-order valence-electron chi connectivity index (χ1n) is 13.3. The first kappa shape index (κ1) is 32.9. The number of ether oxygens (including phenoxy) is 3. The van der Waals surface area contributed by atoms with E-state index in [9.17, 15) is 8.42 Å². The monoisotopic (exact) mass is 536 g/mol. The molecule has 1 aliphatic heterocycles. The maximum atomic E-state index is 12.5. The van der Waals surface area contributed by atoms with Crippen molar-refractivity contribution in [2.75, 3.05) is 33.7 Å². The highest BCUT2D eigenvalue weighted by Gasteiger charge is 2.48. The third-order valence-corrected chi connectivity index (χ3v) is 9.33. The molecule has 0 aromatic carbocycles. The molecule has 204 valence electrons. The number of rotatable bonds is 22. The van der Waals surface area contributed by atoms with Crippen molar-refractivity contribution in [3.63, 3.8) is 0 Å². The normalized spacial score (nSPS) is 23.3. The second kappa shape index (κ2) is 20.0. The fourth-order valence-electron chi connectivity index (χ4n) is 4.27. The standard InChI is InChI=1S/C24H48BNO7PS/c1-5-6-7-8-9-10-11-12-13-14-15-16-17-18-19-35(27,28)26-34(31-4)33-22-21(20-29-2)32-24(25)23(22)30-3/h21-24H,5-20H2,1-4H3/q+1/t21-,22+,23?,24-/m1/s1. The van der Waals surface area contributed by atoms with Gasteiger partial charge in [0, 0.05) is 20.2 Å². The zero-order valence-electron chi connectivity index (χ0n) is 22.4. The Morgan fingerprint density at radius 3 is 1.80 bits per heavy atom. The maximum absolute atomic E-state index is 12.5. The fraction of sp³-hybridized carbons (Fsp3) is 1.00. The highest BCUT2D eigenvalue weighted by molar-refractivity contribution is 7.92. The van der Waals surface area contributed by atoms with Crippen molar-refractivity contribution >= 4 is 26.0 Å². The summed E-state index contributed by atoms with van der Waals surface area (Å²) >= 11 is 0. The van der Waals surface area contributed by atoms with Crippen LogP contribution < -0.4 is 0 Å². The van der Waals surface area contributed by atoms with Gasteiger partial charge in [0.05, 0.1) is 23.6 Å². The molecule has 0 aromatic rings. The molecule has 0 aliphatic carbocycles. The van der Waals surface area contributed by atoms with Crippen LogP contribution in [0.2, 0.25) is 0 Å². The molecule has 2 unspecified atom stereocenters. The van der Waals surface area contributed by atoms with Crippen LogP contribution in [0.25, 0.3) is 0 Å². The van der Waals surface area contributed by atoms with E-state index in [2.05, 4.69) is 11.1 Å². The summed E-state index contributed by atoms with van der Waals surface area (Å²) in [6.45, 7) is 2.48. The summed E-state index contributed by atoms with van der Waals surface area (Å²) in [5.74, 6) is -0.00747. The minimum absolute atomic E-state index is 0.00747. The summed E-state index contributed by atoms with van der Waals surface area (Å²) in [5, 5.41) is 0. The van der Waals surface area contributed by atoms with Crippen LogP contribution in [0, 0.1) is 0 Å². The Morgan fingerprint density at radius 1 is 0.829 bits per heavy atom. The molecule has 1 saturated heterocycles. The number of hydrogen-bond donors (Lipinski definition) is 0. The van der Waals surface area contributed by atoms with E-state index in [4.69, 9.17) is 31.1 Å². The number of sulfonamides is 1. The van der Waals surface area contributed by atoms with Crippen molar-refractivity contribution in [1.82, 2.24) is 0 Å². The van der Waals surface area contributed by atoms with Gasteiger partial charge in [-0.25, -0.2) is 8.42 Å². The lowest BCUT2D eigenvalue weighted by molar-refractivity contribution is -0.0127. The molecule has 8 nitrogen and oxygen atoms in total. The Hall–Kier alpha value is -0.0851. The largest absolute Gasteiger partial charge is 0.577 e. The van der Waals surface area contributed by atoms with E-state index in [1.807, 2.05) is 0 Å². The second-order valence-electron chi connectivity index (χ2n) is 9.25. The van der Waals surface area contributed by atoms with Crippen molar-refractivity contribution in [3.05, 3.63) is 0 Å². The lowest BCUT2D eigenvalue weighted by atomic mass is 9.93. The zero-order chi connectivity index (χ0) is 25.9. The number of hydrogen-bond acceptors (Lipinski definition) is 7. The summed E-state index contributed by atoms with van der Waals surface area (Å²) in [6.07, 6.45) is 15.3. The predicted molar refractivity (Wildman–Crippen MR) is 142 cm³/mol. The van der Waals surface area contributed by atoms with Gasteiger partial charge >= 0.3 is 8.17 Å². The van der Waals surface area contributed by atoms with Crippen LogP contribution in [0.4, 0.5) is 0 Å². The maximum Gasteiger partial charge on any atom is 0.577 e. The third kappa shape index (κ3) is 14.4. The van der Waals surface area contributed by atoms with Gasteiger partial charge in [-0.1, -0.05) is 90.4 Å². The van der Waals surface area contributed by atoms with Gasteiger partial charge in [0.15, 0.2) is 6.10 Å². The van der Waals surface area contributed by atoms with Gasteiger partial charge in [-0.15, -0.1) is 9.05 Å². The van der Waals surface area contributed by atoms with Gasteiger partial charge in [0.2, 0.25) is 0 Å². The van der Waals surface area contributed by atoms with Crippen LogP contribution in [0.5, 0.6) is 0 Å². The minimum atomic E-state index is -3.66. The molecule has 1 rings (SSSR count). The molecule has 0 spiro atoms. The average molecular weight is 537 g/mol. The van der Waals surface area contributed by atoms with Crippen molar-refractivity contribution in [1.29, 1.82) is 0 Å². The Bertz CT molecular complexity index is 668. The Labute approximate surface area is 216 Å². The van der Waals surface area contributed by atoms with Crippen LogP contribution in [0.1, 0.15) is 96.8 Å². The molecule has 0 saturated carbocycles. The van der Waals surface area contributed by atoms with Crippen LogP contribution >= 0.6 is 8.17 Å². The minimum Gasteiger partial charge on any atom is -0.382 e. The topological polar surface area (TPSA) is 92.7 Å². The van der Waals surface area contributed by atoms with Gasteiger partial charge < -0.3 is 14.2 Å². The van der Waals surface area contributed by atoms with E-state index in [1.165, 1.54) is 85.5 Å². The van der Waals surface area contributed by atoms with Crippen LogP contribution in [-0.2, 0) is 33.3 Å². The Kier molecular flexibility index (Phi) is 18.8. The lowest BCUT2D eigenvalue weighted by Gasteiger charge is -2.17. The molecular formula is C24H48BNO7PS+. The highest BCUT2D eigenvalue weighted by atomic mass is 32.2. The van der Waals surface area contributed by atoms with Crippen LogP contribution in [-0.4, -0.2) is 74.3 Å².